The molecule has 2 aromatic rings. The van der Waals surface area contributed by atoms with E-state index in [-0.39, 0.29) is 11.3 Å². The van der Waals surface area contributed by atoms with Gasteiger partial charge in [0.25, 0.3) is 0 Å². The number of hydrogen-bond donors (Lipinski definition) is 1. The lowest BCUT2D eigenvalue weighted by Crippen LogP contribution is -2.38. The van der Waals surface area contributed by atoms with Crippen molar-refractivity contribution in [1.82, 2.24) is 5.32 Å². The summed E-state index contributed by atoms with van der Waals surface area (Å²) in [5.74, 6) is -0.00133. The summed E-state index contributed by atoms with van der Waals surface area (Å²) < 4.78 is 0. The number of allylic oxidation sites excluding steroid dienone is 1. The molecule has 0 spiro atoms. The number of amides is 1. The maximum absolute atomic E-state index is 12.4. The second kappa shape index (κ2) is 7.48. The molecule has 1 fully saturated rings. The number of benzene rings is 2. The van der Waals surface area contributed by atoms with Crippen LogP contribution < -0.4 is 5.32 Å². The Balaban J connectivity index is 1.68. The molecule has 3 rings (SSSR count). The fourth-order valence-electron chi connectivity index (χ4n) is 3.70. The molecule has 0 atom stereocenters. The maximum Gasteiger partial charge on any atom is 0.244 e. The van der Waals surface area contributed by atoms with Gasteiger partial charge in [-0.15, -0.1) is 0 Å². The molecular weight excluding hydrogens is 294 g/mol. The number of carbonyl (C=O) groups is 1. The van der Waals surface area contributed by atoms with Crippen molar-refractivity contribution in [3.63, 3.8) is 0 Å². The quantitative estimate of drug-likeness (QED) is 0.794. The molecule has 0 radical (unpaired) electrons. The van der Waals surface area contributed by atoms with Crippen LogP contribution in [0.5, 0.6) is 0 Å². The van der Waals surface area contributed by atoms with Crippen LogP contribution in [0.15, 0.2) is 66.7 Å². The molecule has 1 N–H and O–H groups in total. The third kappa shape index (κ3) is 3.76. The van der Waals surface area contributed by atoms with Gasteiger partial charge in [-0.1, -0.05) is 73.5 Å². The van der Waals surface area contributed by atoms with E-state index in [0.717, 1.165) is 24.0 Å². The highest BCUT2D eigenvalue weighted by Gasteiger charge is 2.35. The van der Waals surface area contributed by atoms with Gasteiger partial charge >= 0.3 is 0 Å². The van der Waals surface area contributed by atoms with Gasteiger partial charge in [-0.25, -0.2) is 0 Å². The van der Waals surface area contributed by atoms with Crippen LogP contribution in [0.2, 0.25) is 0 Å². The summed E-state index contributed by atoms with van der Waals surface area (Å²) in [6.45, 7) is 2.70. The number of nitrogens with one attached hydrogen (secondary N) is 1. The van der Waals surface area contributed by atoms with Gasteiger partial charge < -0.3 is 5.32 Å². The largest absolute Gasteiger partial charge is 0.352 e. The predicted octanol–water partition coefficient (Wildman–Crippen LogP) is 4.72. The third-order valence-corrected chi connectivity index (χ3v) is 5.12. The summed E-state index contributed by atoms with van der Waals surface area (Å²) >= 11 is 0. The van der Waals surface area contributed by atoms with Crippen LogP contribution in [0.25, 0.3) is 5.57 Å². The average Bonchev–Trinajstić information content (AvgIpc) is 3.12. The van der Waals surface area contributed by atoms with Crippen LogP contribution in [-0.2, 0) is 10.2 Å². The highest BCUT2D eigenvalue weighted by atomic mass is 16.1. The lowest BCUT2D eigenvalue weighted by atomic mass is 9.79. The van der Waals surface area contributed by atoms with Gasteiger partial charge in [-0.3, -0.25) is 4.79 Å². The van der Waals surface area contributed by atoms with Crippen LogP contribution in [0.4, 0.5) is 0 Å². The molecule has 1 saturated carbocycles. The lowest BCUT2D eigenvalue weighted by Gasteiger charge is -2.29. The van der Waals surface area contributed by atoms with Gasteiger partial charge in [0.05, 0.1) is 0 Å². The zero-order valence-electron chi connectivity index (χ0n) is 14.3. The van der Waals surface area contributed by atoms with E-state index < -0.39 is 0 Å². The van der Waals surface area contributed by atoms with E-state index in [1.165, 1.54) is 18.4 Å². The molecule has 0 aliphatic heterocycles. The highest BCUT2D eigenvalue weighted by molar-refractivity contribution is 5.94. The number of carbonyl (C=O) groups excluding carboxylic acids is 1. The van der Waals surface area contributed by atoms with Crippen molar-refractivity contribution in [2.75, 3.05) is 6.54 Å². The molecule has 1 amide bonds. The Hall–Kier alpha value is -2.35. The normalized spacial score (nSPS) is 16.8. The first kappa shape index (κ1) is 16.5. The molecule has 2 heteroatoms. The molecule has 124 valence electrons. The Morgan fingerprint density at radius 3 is 2.21 bits per heavy atom. The van der Waals surface area contributed by atoms with E-state index in [2.05, 4.69) is 35.6 Å². The minimum absolute atomic E-state index is 0.00133. The van der Waals surface area contributed by atoms with Crippen molar-refractivity contribution in [2.24, 2.45) is 0 Å². The molecule has 2 aromatic carbocycles. The zero-order valence-corrected chi connectivity index (χ0v) is 14.3. The Bertz CT molecular complexity index is 697. The second-order valence-electron chi connectivity index (χ2n) is 6.76. The molecular formula is C22H25NO. The summed E-state index contributed by atoms with van der Waals surface area (Å²) in [6, 6.07) is 20.7. The minimum atomic E-state index is -0.00133. The fourth-order valence-corrected chi connectivity index (χ4v) is 3.70. The van der Waals surface area contributed by atoms with Crippen molar-refractivity contribution < 1.29 is 4.79 Å². The second-order valence-corrected chi connectivity index (χ2v) is 6.76. The van der Waals surface area contributed by atoms with Crippen LogP contribution in [0.1, 0.15) is 43.7 Å². The summed E-state index contributed by atoms with van der Waals surface area (Å²) in [7, 11) is 0. The monoisotopic (exact) mass is 319 g/mol. The van der Waals surface area contributed by atoms with Crippen LogP contribution in [0, 0.1) is 0 Å². The molecule has 1 aliphatic rings. The topological polar surface area (TPSA) is 29.1 Å². The average molecular weight is 319 g/mol. The number of rotatable bonds is 5. The van der Waals surface area contributed by atoms with Crippen LogP contribution >= 0.6 is 0 Å². The van der Waals surface area contributed by atoms with E-state index in [9.17, 15) is 4.79 Å². The molecule has 24 heavy (non-hydrogen) atoms. The van der Waals surface area contributed by atoms with Crippen LogP contribution in [-0.4, -0.2) is 12.5 Å². The van der Waals surface area contributed by atoms with Gasteiger partial charge in [-0.2, -0.15) is 0 Å². The maximum atomic E-state index is 12.4. The Kier molecular flexibility index (Phi) is 5.14. The molecule has 0 unspecified atom stereocenters. The van der Waals surface area contributed by atoms with Crippen molar-refractivity contribution >= 4 is 11.5 Å². The van der Waals surface area contributed by atoms with Gasteiger partial charge in [0.2, 0.25) is 5.91 Å². The smallest absolute Gasteiger partial charge is 0.244 e. The van der Waals surface area contributed by atoms with E-state index in [1.807, 2.05) is 37.3 Å². The van der Waals surface area contributed by atoms with E-state index in [0.29, 0.717) is 6.54 Å². The van der Waals surface area contributed by atoms with E-state index >= 15 is 0 Å². The zero-order chi connectivity index (χ0) is 16.8. The first-order valence-electron chi connectivity index (χ1n) is 8.77. The highest BCUT2D eigenvalue weighted by Crippen LogP contribution is 2.40. The summed E-state index contributed by atoms with van der Waals surface area (Å²) in [5.41, 5.74) is 3.54. The van der Waals surface area contributed by atoms with Crippen molar-refractivity contribution in [3.8, 4) is 0 Å². The molecule has 0 aromatic heterocycles. The van der Waals surface area contributed by atoms with Crippen molar-refractivity contribution in [3.05, 3.63) is 77.9 Å². The fraction of sp³-hybridized carbons (Fsp3) is 0.318. The molecule has 2 nitrogen and oxygen atoms in total. The number of hydrogen-bond acceptors (Lipinski definition) is 1. The third-order valence-electron chi connectivity index (χ3n) is 5.12. The molecule has 0 saturated heterocycles. The van der Waals surface area contributed by atoms with Crippen molar-refractivity contribution in [2.45, 2.75) is 38.0 Å². The Labute approximate surface area is 144 Å². The minimum Gasteiger partial charge on any atom is -0.352 e. The summed E-state index contributed by atoms with van der Waals surface area (Å²) in [4.78, 5) is 12.4. The van der Waals surface area contributed by atoms with E-state index in [4.69, 9.17) is 0 Å². The first-order valence-corrected chi connectivity index (χ1v) is 8.77. The molecule has 1 aliphatic carbocycles. The summed E-state index contributed by atoms with van der Waals surface area (Å²) in [5, 5.41) is 3.15. The van der Waals surface area contributed by atoms with E-state index in [1.54, 1.807) is 6.08 Å². The Morgan fingerprint density at radius 2 is 1.58 bits per heavy atom. The van der Waals surface area contributed by atoms with Gasteiger partial charge in [0.1, 0.15) is 0 Å². The van der Waals surface area contributed by atoms with Gasteiger partial charge in [0.15, 0.2) is 0 Å². The SMILES string of the molecule is CC(=CC(=O)NCC1(c2ccccc2)CCCC1)c1ccccc1. The van der Waals surface area contributed by atoms with Gasteiger partial charge in [0, 0.05) is 18.0 Å². The van der Waals surface area contributed by atoms with Gasteiger partial charge in [-0.05, 0) is 36.5 Å². The standard InChI is InChI=1S/C22H25NO/c1-18(19-10-4-2-5-11-19)16-21(24)23-17-22(14-8-9-15-22)20-12-6-3-7-13-20/h2-7,10-13,16H,8-9,14-15,17H2,1H3,(H,23,24). The predicted molar refractivity (Wildman–Crippen MR) is 99.7 cm³/mol. The summed E-state index contributed by atoms with van der Waals surface area (Å²) in [6.07, 6.45) is 6.49. The first-order chi connectivity index (χ1) is 11.7. The molecule has 0 bridgehead atoms. The lowest BCUT2D eigenvalue weighted by molar-refractivity contribution is -0.116. The van der Waals surface area contributed by atoms with Crippen LogP contribution in [0.3, 0.4) is 0 Å². The van der Waals surface area contributed by atoms with Crippen molar-refractivity contribution in [1.29, 1.82) is 0 Å². The molecule has 0 heterocycles. The Morgan fingerprint density at radius 1 is 1.00 bits per heavy atom.